The van der Waals surface area contributed by atoms with Gasteiger partial charge in [-0.25, -0.2) is 9.97 Å². The number of halogens is 1. The summed E-state index contributed by atoms with van der Waals surface area (Å²) < 4.78 is 10.6. The Morgan fingerprint density at radius 1 is 1.43 bits per heavy atom. The summed E-state index contributed by atoms with van der Waals surface area (Å²) in [4.78, 5) is 20.7. The van der Waals surface area contributed by atoms with Crippen LogP contribution in [0.2, 0.25) is 5.15 Å². The first kappa shape index (κ1) is 15.7. The Morgan fingerprint density at radius 2 is 2.17 bits per heavy atom. The van der Waals surface area contributed by atoms with Gasteiger partial charge in [0, 0.05) is 6.61 Å². The molecule has 0 saturated carbocycles. The molecule has 7 heteroatoms. The minimum absolute atomic E-state index is 0.0318. The second kappa shape index (κ2) is 6.90. The highest BCUT2D eigenvalue weighted by Gasteiger charge is 2.28. The van der Waals surface area contributed by atoms with Gasteiger partial charge in [0.2, 0.25) is 0 Å². The third-order valence-corrected chi connectivity index (χ3v) is 3.90. The molecule has 118 valence electrons. The molecule has 0 radical (unpaired) electrons. The van der Waals surface area contributed by atoms with Crippen molar-refractivity contribution in [3.63, 3.8) is 0 Å². The van der Waals surface area contributed by atoms with Crippen LogP contribution in [0.25, 0.3) is 11.0 Å². The lowest BCUT2D eigenvalue weighted by Crippen LogP contribution is -2.22. The van der Waals surface area contributed by atoms with Crippen LogP contribution in [0.1, 0.15) is 24.5 Å². The van der Waals surface area contributed by atoms with Crippen molar-refractivity contribution in [3.05, 3.63) is 35.1 Å². The zero-order chi connectivity index (χ0) is 16.2. The normalized spacial score (nSPS) is 18.5. The maximum Gasteiger partial charge on any atom is 0.329 e. The van der Waals surface area contributed by atoms with Gasteiger partial charge < -0.3 is 9.47 Å². The molecule has 2 aromatic rings. The molecule has 1 aromatic carbocycles. The molecular formula is C16H14ClN3O3. The molecular weight excluding hydrogens is 318 g/mol. The van der Waals surface area contributed by atoms with E-state index < -0.39 is 11.9 Å². The van der Waals surface area contributed by atoms with E-state index in [9.17, 15) is 10.1 Å². The van der Waals surface area contributed by atoms with Gasteiger partial charge in [0.1, 0.15) is 12.3 Å². The molecule has 6 nitrogen and oxygen atoms in total. The van der Waals surface area contributed by atoms with Crippen LogP contribution in [0.5, 0.6) is 0 Å². The van der Waals surface area contributed by atoms with Gasteiger partial charge >= 0.3 is 5.97 Å². The van der Waals surface area contributed by atoms with Gasteiger partial charge in [0.05, 0.1) is 23.2 Å². The van der Waals surface area contributed by atoms with Gasteiger partial charge in [-0.3, -0.25) is 4.79 Å². The van der Waals surface area contributed by atoms with E-state index in [1.807, 2.05) is 12.1 Å². The second-order valence-corrected chi connectivity index (χ2v) is 5.57. The van der Waals surface area contributed by atoms with Crippen LogP contribution < -0.4 is 0 Å². The van der Waals surface area contributed by atoms with E-state index in [0.717, 1.165) is 12.8 Å². The summed E-state index contributed by atoms with van der Waals surface area (Å²) in [5, 5.41) is 9.36. The minimum Gasteiger partial charge on any atom is -0.462 e. The summed E-state index contributed by atoms with van der Waals surface area (Å²) in [5.74, 6) is -1.89. The Morgan fingerprint density at radius 3 is 2.83 bits per heavy atom. The van der Waals surface area contributed by atoms with Crippen LogP contribution in [0.3, 0.4) is 0 Å². The highest BCUT2D eigenvalue weighted by molar-refractivity contribution is 6.30. The molecule has 1 saturated heterocycles. The quantitative estimate of drug-likeness (QED) is 0.800. The molecule has 1 aliphatic rings. The van der Waals surface area contributed by atoms with E-state index >= 15 is 0 Å². The summed E-state index contributed by atoms with van der Waals surface area (Å²) in [7, 11) is 0. The number of nitrogens with zero attached hydrogens (tertiary/aromatic N) is 3. The van der Waals surface area contributed by atoms with E-state index in [4.69, 9.17) is 21.1 Å². The third kappa shape index (κ3) is 3.41. The highest BCUT2D eigenvalue weighted by Crippen LogP contribution is 2.25. The zero-order valence-electron chi connectivity index (χ0n) is 12.2. The van der Waals surface area contributed by atoms with Crippen molar-refractivity contribution in [1.29, 1.82) is 5.26 Å². The number of esters is 1. The van der Waals surface area contributed by atoms with E-state index in [1.54, 1.807) is 18.2 Å². The van der Waals surface area contributed by atoms with Crippen LogP contribution in [0.4, 0.5) is 0 Å². The van der Waals surface area contributed by atoms with Crippen LogP contribution in [0, 0.1) is 11.3 Å². The molecule has 0 spiro atoms. The Kier molecular flexibility index (Phi) is 4.70. The molecule has 0 bridgehead atoms. The van der Waals surface area contributed by atoms with Crippen LogP contribution in [-0.2, 0) is 14.3 Å². The van der Waals surface area contributed by atoms with Crippen molar-refractivity contribution in [2.75, 3.05) is 13.2 Å². The fraction of sp³-hybridized carbons (Fsp3) is 0.375. The Bertz CT molecular complexity index is 769. The fourth-order valence-corrected chi connectivity index (χ4v) is 2.68. The van der Waals surface area contributed by atoms with E-state index in [2.05, 4.69) is 9.97 Å². The maximum absolute atomic E-state index is 12.2. The lowest BCUT2D eigenvalue weighted by molar-refractivity contribution is -0.147. The number of benzene rings is 1. The average Bonchev–Trinajstić information content (AvgIpc) is 3.07. The minimum atomic E-state index is -1.21. The Balaban J connectivity index is 1.80. The van der Waals surface area contributed by atoms with Gasteiger partial charge in [0.25, 0.3) is 0 Å². The molecule has 3 rings (SSSR count). The fourth-order valence-electron chi connectivity index (χ4n) is 2.44. The Hall–Kier alpha value is -2.23. The monoisotopic (exact) mass is 331 g/mol. The lowest BCUT2D eigenvalue weighted by Gasteiger charge is -2.13. The molecule has 2 atom stereocenters. The van der Waals surface area contributed by atoms with E-state index in [1.165, 1.54) is 0 Å². The van der Waals surface area contributed by atoms with E-state index in [0.29, 0.717) is 17.6 Å². The van der Waals surface area contributed by atoms with Crippen LogP contribution in [0.15, 0.2) is 24.3 Å². The van der Waals surface area contributed by atoms with Gasteiger partial charge in [-0.2, -0.15) is 5.26 Å². The summed E-state index contributed by atoms with van der Waals surface area (Å²) in [6.07, 6.45) is 1.70. The van der Waals surface area contributed by atoms with Crippen molar-refractivity contribution in [3.8, 4) is 6.07 Å². The first-order chi connectivity index (χ1) is 11.2. The third-order valence-electron chi connectivity index (χ3n) is 3.63. The van der Waals surface area contributed by atoms with Crippen molar-refractivity contribution < 1.29 is 14.3 Å². The standard InChI is InChI=1S/C16H14ClN3O3/c17-15-14(19-12-5-1-2-6-13(12)20-15)11(8-18)16(21)23-9-10-4-3-7-22-10/h1-2,5-6,10-11H,3-4,7,9H2. The van der Waals surface area contributed by atoms with Crippen LogP contribution >= 0.6 is 11.6 Å². The van der Waals surface area contributed by atoms with Gasteiger partial charge in [-0.05, 0) is 25.0 Å². The lowest BCUT2D eigenvalue weighted by atomic mass is 10.1. The number of para-hydroxylation sites is 2. The number of hydrogen-bond acceptors (Lipinski definition) is 6. The topological polar surface area (TPSA) is 85.1 Å². The van der Waals surface area contributed by atoms with Gasteiger partial charge in [-0.15, -0.1) is 0 Å². The maximum atomic E-state index is 12.2. The largest absolute Gasteiger partial charge is 0.462 e. The summed E-state index contributed by atoms with van der Waals surface area (Å²) >= 11 is 6.09. The zero-order valence-corrected chi connectivity index (χ0v) is 13.0. The molecule has 1 aliphatic heterocycles. The number of carbonyl (C=O) groups is 1. The predicted molar refractivity (Wildman–Crippen MR) is 82.8 cm³/mol. The van der Waals surface area contributed by atoms with Crippen molar-refractivity contribution >= 4 is 28.6 Å². The predicted octanol–water partition coefficient (Wildman–Crippen LogP) is 2.61. The summed E-state index contributed by atoms with van der Waals surface area (Å²) in [6.45, 7) is 0.807. The summed E-state index contributed by atoms with van der Waals surface area (Å²) in [5.41, 5.74) is 1.29. The number of ether oxygens (including phenoxy) is 2. The second-order valence-electron chi connectivity index (χ2n) is 5.22. The van der Waals surface area contributed by atoms with Gasteiger partial charge in [-0.1, -0.05) is 23.7 Å². The molecule has 1 fully saturated rings. The molecule has 0 N–H and O–H groups in total. The number of hydrogen-bond donors (Lipinski definition) is 0. The first-order valence-corrected chi connectivity index (χ1v) is 7.67. The highest BCUT2D eigenvalue weighted by atomic mass is 35.5. The van der Waals surface area contributed by atoms with Crippen LogP contribution in [-0.4, -0.2) is 35.3 Å². The SMILES string of the molecule is N#CC(C(=O)OCC1CCCO1)c1nc2ccccc2nc1Cl. The number of aromatic nitrogens is 2. The van der Waals surface area contributed by atoms with Crippen molar-refractivity contribution in [2.45, 2.75) is 24.9 Å². The number of fused-ring (bicyclic) bond motifs is 1. The molecule has 0 aliphatic carbocycles. The summed E-state index contributed by atoms with van der Waals surface area (Å²) in [6, 6.07) is 9.01. The van der Waals surface area contributed by atoms with Crippen molar-refractivity contribution in [2.24, 2.45) is 0 Å². The molecule has 2 heterocycles. The first-order valence-electron chi connectivity index (χ1n) is 7.29. The number of carbonyl (C=O) groups excluding carboxylic acids is 1. The average molecular weight is 332 g/mol. The number of nitriles is 1. The van der Waals surface area contributed by atoms with E-state index in [-0.39, 0.29) is 23.6 Å². The van der Waals surface area contributed by atoms with Crippen molar-refractivity contribution in [1.82, 2.24) is 9.97 Å². The molecule has 23 heavy (non-hydrogen) atoms. The number of rotatable bonds is 4. The Labute approximate surface area is 138 Å². The molecule has 0 amide bonds. The molecule has 2 unspecified atom stereocenters. The van der Waals surface area contributed by atoms with Gasteiger partial charge in [0.15, 0.2) is 11.1 Å². The smallest absolute Gasteiger partial charge is 0.329 e. The molecule has 1 aromatic heterocycles.